The Bertz CT molecular complexity index is 201. The van der Waals surface area contributed by atoms with Gasteiger partial charge in [-0.05, 0) is 6.92 Å². The van der Waals surface area contributed by atoms with Crippen LogP contribution in [-0.4, -0.2) is 23.7 Å². The van der Waals surface area contributed by atoms with E-state index in [1.807, 2.05) is 0 Å². The molecule has 0 aliphatic carbocycles. The molecule has 0 heterocycles. The van der Waals surface area contributed by atoms with Gasteiger partial charge < -0.3 is 15.7 Å². The van der Waals surface area contributed by atoms with E-state index in [2.05, 4.69) is 17.2 Å². The summed E-state index contributed by atoms with van der Waals surface area (Å²) in [6.07, 6.45) is -0.0798. The van der Waals surface area contributed by atoms with Crippen molar-refractivity contribution in [3.05, 3.63) is 12.3 Å². The number of urea groups is 1. The number of aliphatic carboxylic acids is 1. The predicted octanol–water partition coefficient (Wildman–Crippen LogP) is 0.294. The molecule has 5 nitrogen and oxygen atoms in total. The molecule has 0 saturated heterocycles. The van der Waals surface area contributed by atoms with Crippen LogP contribution in [0, 0.1) is 0 Å². The molecule has 0 bridgehead atoms. The lowest BCUT2D eigenvalue weighted by molar-refractivity contribution is -0.136. The molecule has 0 aliphatic heterocycles. The molecular formula is C7H12N2O3. The summed E-state index contributed by atoms with van der Waals surface area (Å²) in [5, 5.41) is 13.0. The van der Waals surface area contributed by atoms with Crippen LogP contribution >= 0.6 is 0 Å². The second-order valence-corrected chi connectivity index (χ2v) is 2.30. The van der Waals surface area contributed by atoms with E-state index in [0.717, 1.165) is 0 Å². The summed E-state index contributed by atoms with van der Waals surface area (Å²) in [5.74, 6) is -0.939. The minimum Gasteiger partial charge on any atom is -0.481 e. The van der Waals surface area contributed by atoms with Crippen LogP contribution in [0.1, 0.15) is 13.3 Å². The number of carbonyl (C=O) groups excluding carboxylic acids is 1. The minimum atomic E-state index is -0.939. The molecule has 0 radical (unpaired) electrons. The van der Waals surface area contributed by atoms with Crippen molar-refractivity contribution >= 4 is 12.0 Å². The van der Waals surface area contributed by atoms with Crippen LogP contribution in [0.3, 0.4) is 0 Å². The molecule has 0 rings (SSSR count). The van der Waals surface area contributed by atoms with E-state index < -0.39 is 12.0 Å². The number of carbonyl (C=O) groups is 2. The third kappa shape index (κ3) is 6.60. The number of carboxylic acid groups (broad SMARTS) is 1. The number of hydrogen-bond donors (Lipinski definition) is 3. The van der Waals surface area contributed by atoms with Gasteiger partial charge >= 0.3 is 12.0 Å². The van der Waals surface area contributed by atoms with E-state index in [9.17, 15) is 9.59 Å². The van der Waals surface area contributed by atoms with Crippen molar-refractivity contribution < 1.29 is 14.7 Å². The first-order valence-electron chi connectivity index (χ1n) is 3.44. The van der Waals surface area contributed by atoms with E-state index >= 15 is 0 Å². The van der Waals surface area contributed by atoms with Crippen molar-refractivity contribution in [2.75, 3.05) is 6.54 Å². The molecule has 0 aromatic rings. The first kappa shape index (κ1) is 10.5. The Hall–Kier alpha value is -1.52. The first-order valence-corrected chi connectivity index (χ1v) is 3.44. The second kappa shape index (κ2) is 5.17. The number of hydrogen-bond acceptors (Lipinski definition) is 2. The second-order valence-electron chi connectivity index (χ2n) is 2.30. The highest BCUT2D eigenvalue weighted by atomic mass is 16.4. The van der Waals surface area contributed by atoms with Crippen LogP contribution in [0.15, 0.2) is 12.3 Å². The molecule has 3 N–H and O–H groups in total. The molecule has 0 aromatic carbocycles. The molecule has 5 heteroatoms. The molecule has 68 valence electrons. The normalized spacial score (nSPS) is 8.75. The van der Waals surface area contributed by atoms with Crippen LogP contribution in [0.2, 0.25) is 0 Å². The molecule has 0 fully saturated rings. The zero-order valence-electron chi connectivity index (χ0n) is 6.89. The van der Waals surface area contributed by atoms with Crippen LogP contribution in [0.4, 0.5) is 4.79 Å². The highest BCUT2D eigenvalue weighted by Gasteiger charge is 2.00. The molecule has 12 heavy (non-hydrogen) atoms. The van der Waals surface area contributed by atoms with Crippen LogP contribution in [0.5, 0.6) is 0 Å². The fourth-order valence-corrected chi connectivity index (χ4v) is 0.521. The summed E-state index contributed by atoms with van der Waals surface area (Å²) in [7, 11) is 0. The van der Waals surface area contributed by atoms with E-state index in [-0.39, 0.29) is 13.0 Å². The van der Waals surface area contributed by atoms with Gasteiger partial charge in [0.1, 0.15) is 0 Å². The summed E-state index contributed by atoms with van der Waals surface area (Å²) in [6.45, 7) is 5.21. The number of amides is 2. The lowest BCUT2D eigenvalue weighted by atomic mass is 10.4. The average Bonchev–Trinajstić information content (AvgIpc) is 1.84. The smallest absolute Gasteiger partial charge is 0.318 e. The predicted molar refractivity (Wildman–Crippen MR) is 43.6 cm³/mol. The van der Waals surface area contributed by atoms with Gasteiger partial charge in [-0.25, -0.2) is 4.79 Å². The van der Waals surface area contributed by atoms with Crippen LogP contribution in [-0.2, 0) is 4.79 Å². The minimum absolute atomic E-state index is 0.0798. The Morgan fingerprint density at radius 2 is 2.08 bits per heavy atom. The molecule has 0 saturated carbocycles. The van der Waals surface area contributed by atoms with Crippen LogP contribution < -0.4 is 10.6 Å². The van der Waals surface area contributed by atoms with E-state index in [4.69, 9.17) is 5.11 Å². The van der Waals surface area contributed by atoms with Crippen molar-refractivity contribution in [3.8, 4) is 0 Å². The van der Waals surface area contributed by atoms with Crippen molar-refractivity contribution in [1.82, 2.24) is 10.6 Å². The van der Waals surface area contributed by atoms with E-state index in [1.54, 1.807) is 6.92 Å². The fraction of sp³-hybridized carbons (Fsp3) is 0.429. The van der Waals surface area contributed by atoms with Crippen molar-refractivity contribution in [3.63, 3.8) is 0 Å². The third-order valence-electron chi connectivity index (χ3n) is 0.951. The quantitative estimate of drug-likeness (QED) is 0.570. The Morgan fingerprint density at radius 1 is 1.50 bits per heavy atom. The van der Waals surface area contributed by atoms with Crippen molar-refractivity contribution in [1.29, 1.82) is 0 Å². The van der Waals surface area contributed by atoms with Gasteiger partial charge in [-0.1, -0.05) is 6.58 Å². The molecular weight excluding hydrogens is 160 g/mol. The van der Waals surface area contributed by atoms with Crippen molar-refractivity contribution in [2.45, 2.75) is 13.3 Å². The SMILES string of the molecule is C=C(C)NC(=O)NCCC(=O)O. The van der Waals surface area contributed by atoms with Gasteiger partial charge in [0.2, 0.25) is 0 Å². The van der Waals surface area contributed by atoms with Gasteiger partial charge in [0.05, 0.1) is 6.42 Å². The maximum absolute atomic E-state index is 10.8. The maximum atomic E-state index is 10.8. The Balaban J connectivity index is 3.44. The molecule has 0 aliphatic rings. The zero-order valence-corrected chi connectivity index (χ0v) is 6.89. The third-order valence-corrected chi connectivity index (χ3v) is 0.951. The number of rotatable bonds is 4. The van der Waals surface area contributed by atoms with Crippen molar-refractivity contribution in [2.24, 2.45) is 0 Å². The molecule has 2 amide bonds. The van der Waals surface area contributed by atoms with E-state index in [1.165, 1.54) is 0 Å². The molecule has 0 atom stereocenters. The standard InChI is InChI=1S/C7H12N2O3/c1-5(2)9-7(12)8-4-3-6(10)11/h1,3-4H2,2H3,(H,10,11)(H2,8,9,12). The highest BCUT2D eigenvalue weighted by Crippen LogP contribution is 1.79. The highest BCUT2D eigenvalue weighted by molar-refractivity contribution is 5.76. The van der Waals surface area contributed by atoms with E-state index in [0.29, 0.717) is 5.70 Å². The number of carboxylic acids is 1. The maximum Gasteiger partial charge on any atom is 0.318 e. The lowest BCUT2D eigenvalue weighted by Crippen LogP contribution is -2.35. The van der Waals surface area contributed by atoms with Gasteiger partial charge in [0.15, 0.2) is 0 Å². The van der Waals surface area contributed by atoms with Gasteiger partial charge in [0.25, 0.3) is 0 Å². The molecule has 0 unspecified atom stereocenters. The topological polar surface area (TPSA) is 78.4 Å². The number of allylic oxidation sites excluding steroid dienone is 1. The fourth-order valence-electron chi connectivity index (χ4n) is 0.521. The van der Waals surface area contributed by atoms with Gasteiger partial charge in [0, 0.05) is 12.2 Å². The summed E-state index contributed by atoms with van der Waals surface area (Å²) in [4.78, 5) is 20.8. The van der Waals surface area contributed by atoms with Crippen LogP contribution in [0.25, 0.3) is 0 Å². The van der Waals surface area contributed by atoms with Gasteiger partial charge in [-0.2, -0.15) is 0 Å². The first-order chi connectivity index (χ1) is 5.52. The molecule has 0 aromatic heterocycles. The largest absolute Gasteiger partial charge is 0.481 e. The van der Waals surface area contributed by atoms with Gasteiger partial charge in [-0.15, -0.1) is 0 Å². The molecule has 0 spiro atoms. The number of nitrogens with one attached hydrogen (secondary N) is 2. The lowest BCUT2D eigenvalue weighted by Gasteiger charge is -2.04. The summed E-state index contributed by atoms with van der Waals surface area (Å²) in [6, 6.07) is -0.427. The summed E-state index contributed by atoms with van der Waals surface area (Å²) >= 11 is 0. The Labute approximate surface area is 70.5 Å². The van der Waals surface area contributed by atoms with Gasteiger partial charge in [-0.3, -0.25) is 4.79 Å². The Kier molecular flexibility index (Phi) is 4.52. The zero-order chi connectivity index (χ0) is 9.56. The Morgan fingerprint density at radius 3 is 2.50 bits per heavy atom. The summed E-state index contributed by atoms with van der Waals surface area (Å²) in [5.41, 5.74) is 0.517. The monoisotopic (exact) mass is 172 g/mol. The summed E-state index contributed by atoms with van der Waals surface area (Å²) < 4.78 is 0. The average molecular weight is 172 g/mol.